The smallest absolute Gasteiger partial charge is 0.335 e. The van der Waals surface area contributed by atoms with Crippen LogP contribution in [-0.2, 0) is 0 Å². The van der Waals surface area contributed by atoms with E-state index in [1.165, 1.54) is 46.2 Å². The minimum atomic E-state index is -1.17. The molecule has 3 heterocycles. The molecule has 33 heavy (non-hydrogen) atoms. The first kappa shape index (κ1) is 20.7. The predicted octanol–water partition coefficient (Wildman–Crippen LogP) is 3.53. The molecule has 9 nitrogen and oxygen atoms in total. The van der Waals surface area contributed by atoms with Crippen LogP contribution in [0.3, 0.4) is 0 Å². The number of carboxylic acid groups (broad SMARTS) is 1. The van der Waals surface area contributed by atoms with Gasteiger partial charge in [0.1, 0.15) is 10.7 Å². The number of hydrogen-bond donors (Lipinski definition) is 3. The van der Waals surface area contributed by atoms with Crippen LogP contribution in [0.5, 0.6) is 0 Å². The summed E-state index contributed by atoms with van der Waals surface area (Å²) in [6, 6.07) is 14.3. The van der Waals surface area contributed by atoms with E-state index in [1.54, 1.807) is 12.1 Å². The van der Waals surface area contributed by atoms with Crippen molar-refractivity contribution in [3.63, 3.8) is 0 Å². The number of carboxylic acids is 1. The lowest BCUT2D eigenvalue weighted by molar-refractivity contribution is 0.0697. The molecule has 0 fully saturated rings. The first-order chi connectivity index (χ1) is 15.8. The zero-order chi connectivity index (χ0) is 23.3. The van der Waals surface area contributed by atoms with E-state index in [-0.39, 0.29) is 27.4 Å². The number of H-pyrrole nitrogens is 1. The highest BCUT2D eigenvalue weighted by Crippen LogP contribution is 2.28. The van der Waals surface area contributed by atoms with Gasteiger partial charge in [0.15, 0.2) is 5.13 Å². The zero-order valence-corrected chi connectivity index (χ0v) is 18.2. The molecule has 0 atom stereocenters. The van der Waals surface area contributed by atoms with E-state index in [0.29, 0.717) is 10.8 Å². The molecule has 0 aliphatic heterocycles. The van der Waals surface area contributed by atoms with Crippen molar-refractivity contribution in [3.8, 4) is 22.6 Å². The second kappa shape index (κ2) is 7.76. The number of aromatic nitrogens is 4. The standard InChI is InChI=1S/C22H14ClN5O4S/c23-17-9-15-18(27(17)13-6-4-11(5-7-13)16-10-33-21(24)25-16)19(29)28(22(32)26-15)14-3-1-2-12(8-14)20(30)31/h1-10H,(H2,24,25)(H,26,32)(H,30,31). The lowest BCUT2D eigenvalue weighted by Gasteiger charge is -2.10. The number of nitrogens with two attached hydrogens (primary N) is 1. The molecule has 0 aliphatic rings. The molecular formula is C22H14ClN5O4S. The summed E-state index contributed by atoms with van der Waals surface area (Å²) in [4.78, 5) is 44.4. The van der Waals surface area contributed by atoms with Crippen molar-refractivity contribution in [2.45, 2.75) is 0 Å². The van der Waals surface area contributed by atoms with E-state index in [9.17, 15) is 19.5 Å². The molecule has 5 aromatic rings. The first-order valence-electron chi connectivity index (χ1n) is 9.55. The Morgan fingerprint density at radius 2 is 1.82 bits per heavy atom. The quantitative estimate of drug-likeness (QED) is 0.361. The van der Waals surface area contributed by atoms with Gasteiger partial charge in [0, 0.05) is 16.6 Å². The number of aromatic amines is 1. The third kappa shape index (κ3) is 3.51. The number of thiazole rings is 1. The van der Waals surface area contributed by atoms with Crippen LogP contribution in [0.1, 0.15) is 10.4 Å². The lowest BCUT2D eigenvalue weighted by atomic mass is 10.1. The highest BCUT2D eigenvalue weighted by molar-refractivity contribution is 7.13. The van der Waals surface area contributed by atoms with Crippen molar-refractivity contribution in [2.24, 2.45) is 0 Å². The van der Waals surface area contributed by atoms with Gasteiger partial charge in [-0.25, -0.2) is 19.1 Å². The van der Waals surface area contributed by atoms with Gasteiger partial charge in [-0.1, -0.05) is 29.8 Å². The van der Waals surface area contributed by atoms with Crippen LogP contribution in [0.15, 0.2) is 69.6 Å². The number of hydrogen-bond acceptors (Lipinski definition) is 6. The number of carbonyl (C=O) groups is 1. The number of anilines is 1. The van der Waals surface area contributed by atoms with Crippen LogP contribution in [0.25, 0.3) is 33.7 Å². The Hall–Kier alpha value is -4.15. The van der Waals surface area contributed by atoms with Crippen molar-refractivity contribution < 1.29 is 9.90 Å². The van der Waals surface area contributed by atoms with Crippen LogP contribution in [0.4, 0.5) is 5.13 Å². The molecule has 0 amide bonds. The average Bonchev–Trinajstić information content (AvgIpc) is 3.36. The topological polar surface area (TPSA) is 136 Å². The summed E-state index contributed by atoms with van der Waals surface area (Å²) in [5, 5.41) is 11.8. The van der Waals surface area contributed by atoms with Crippen LogP contribution >= 0.6 is 22.9 Å². The molecule has 0 bridgehead atoms. The van der Waals surface area contributed by atoms with E-state index in [4.69, 9.17) is 17.3 Å². The molecule has 0 saturated carbocycles. The van der Waals surface area contributed by atoms with Crippen molar-refractivity contribution in [2.75, 3.05) is 5.73 Å². The zero-order valence-electron chi connectivity index (χ0n) is 16.7. The number of halogens is 1. The van der Waals surface area contributed by atoms with Gasteiger partial charge < -0.3 is 15.8 Å². The maximum atomic E-state index is 13.4. The average molecular weight is 480 g/mol. The van der Waals surface area contributed by atoms with Gasteiger partial charge in [-0.15, -0.1) is 11.3 Å². The fourth-order valence-electron chi connectivity index (χ4n) is 3.62. The predicted molar refractivity (Wildman–Crippen MR) is 127 cm³/mol. The summed E-state index contributed by atoms with van der Waals surface area (Å²) in [6.45, 7) is 0. The lowest BCUT2D eigenvalue weighted by Crippen LogP contribution is -2.34. The molecule has 3 aromatic heterocycles. The summed E-state index contributed by atoms with van der Waals surface area (Å²) >= 11 is 7.78. The number of nitrogens with one attached hydrogen (secondary N) is 1. The minimum Gasteiger partial charge on any atom is -0.478 e. The van der Waals surface area contributed by atoms with Crippen LogP contribution in [-0.4, -0.2) is 30.2 Å². The molecule has 0 aliphatic carbocycles. The summed E-state index contributed by atoms with van der Waals surface area (Å²) in [5.74, 6) is -1.17. The molecule has 5 rings (SSSR count). The fraction of sp³-hybridized carbons (Fsp3) is 0. The first-order valence-corrected chi connectivity index (χ1v) is 10.8. The van der Waals surface area contributed by atoms with Gasteiger partial charge in [-0.2, -0.15) is 0 Å². The summed E-state index contributed by atoms with van der Waals surface area (Å²) in [7, 11) is 0. The molecule has 11 heteroatoms. The molecule has 0 radical (unpaired) electrons. The van der Waals surface area contributed by atoms with Gasteiger partial charge >= 0.3 is 11.7 Å². The highest BCUT2D eigenvalue weighted by Gasteiger charge is 2.18. The molecule has 2 aromatic carbocycles. The molecular weight excluding hydrogens is 466 g/mol. The molecule has 0 spiro atoms. The molecule has 164 valence electrons. The fourth-order valence-corrected chi connectivity index (χ4v) is 4.48. The Labute approximate surface area is 193 Å². The number of nitrogen functional groups attached to an aromatic ring is 1. The third-order valence-electron chi connectivity index (χ3n) is 5.10. The Morgan fingerprint density at radius 1 is 1.06 bits per heavy atom. The Bertz CT molecular complexity index is 1660. The SMILES string of the molecule is Nc1nc(-c2ccc(-n3c(Cl)cc4[nH]c(=O)n(-c5cccc(C(=O)O)c5)c(=O)c43)cc2)cs1. The van der Waals surface area contributed by atoms with Crippen molar-refractivity contribution in [1.29, 1.82) is 0 Å². The van der Waals surface area contributed by atoms with E-state index in [2.05, 4.69) is 9.97 Å². The van der Waals surface area contributed by atoms with Crippen molar-refractivity contribution in [3.05, 3.63) is 91.5 Å². The Kier molecular flexibility index (Phi) is 4.88. The van der Waals surface area contributed by atoms with E-state index in [0.717, 1.165) is 15.8 Å². The Balaban J connectivity index is 1.70. The second-order valence-corrected chi connectivity index (χ2v) is 8.39. The van der Waals surface area contributed by atoms with Gasteiger partial charge in [-0.05, 0) is 36.4 Å². The van der Waals surface area contributed by atoms with Gasteiger partial charge in [0.25, 0.3) is 5.56 Å². The molecule has 4 N–H and O–H groups in total. The second-order valence-electron chi connectivity index (χ2n) is 7.11. The largest absolute Gasteiger partial charge is 0.478 e. The summed E-state index contributed by atoms with van der Waals surface area (Å²) < 4.78 is 2.40. The highest BCUT2D eigenvalue weighted by atomic mass is 35.5. The number of nitrogens with zero attached hydrogens (tertiary/aromatic N) is 3. The number of benzene rings is 2. The van der Waals surface area contributed by atoms with Crippen LogP contribution in [0.2, 0.25) is 5.15 Å². The molecule has 0 saturated heterocycles. The maximum Gasteiger partial charge on any atom is 0.335 e. The summed E-state index contributed by atoms with van der Waals surface area (Å²) in [5.41, 5.74) is 7.02. The van der Waals surface area contributed by atoms with E-state index >= 15 is 0 Å². The van der Waals surface area contributed by atoms with Crippen LogP contribution < -0.4 is 17.0 Å². The minimum absolute atomic E-state index is 0.0504. The molecule has 0 unspecified atom stereocenters. The van der Waals surface area contributed by atoms with Crippen molar-refractivity contribution >= 4 is 45.1 Å². The van der Waals surface area contributed by atoms with Gasteiger partial charge in [-0.3, -0.25) is 9.36 Å². The van der Waals surface area contributed by atoms with E-state index < -0.39 is 17.2 Å². The third-order valence-corrected chi connectivity index (χ3v) is 6.05. The van der Waals surface area contributed by atoms with Crippen molar-refractivity contribution in [1.82, 2.24) is 19.1 Å². The van der Waals surface area contributed by atoms with E-state index in [1.807, 2.05) is 17.5 Å². The Morgan fingerprint density at radius 3 is 2.48 bits per heavy atom. The normalized spacial score (nSPS) is 11.2. The number of rotatable bonds is 4. The number of aromatic carboxylic acids is 1. The number of fused-ring (bicyclic) bond motifs is 1. The van der Waals surface area contributed by atoms with Gasteiger partial charge in [0.2, 0.25) is 0 Å². The monoisotopic (exact) mass is 479 g/mol. The summed E-state index contributed by atoms with van der Waals surface area (Å²) in [6.07, 6.45) is 0. The van der Waals surface area contributed by atoms with Gasteiger partial charge in [0.05, 0.1) is 22.5 Å². The maximum absolute atomic E-state index is 13.4. The van der Waals surface area contributed by atoms with Crippen LogP contribution in [0, 0.1) is 0 Å².